The molecule has 0 fully saturated rings. The van der Waals surface area contributed by atoms with Gasteiger partial charge in [-0.1, -0.05) is 26.8 Å². The summed E-state index contributed by atoms with van der Waals surface area (Å²) in [6, 6.07) is 3.42. The Morgan fingerprint density at radius 1 is 1.22 bits per heavy atom. The molecule has 1 amide bonds. The molecule has 0 saturated carbocycles. The monoisotopic (exact) mass is 327 g/mol. The van der Waals surface area contributed by atoms with Crippen LogP contribution in [0.15, 0.2) is 18.2 Å². The standard InChI is InChI=1S/C14H16F3N5O/c1-13(2,3)11-20-12(22-21-11)19-10(23)7-8-5-4-6-9(18-8)14(15,16)17/h4-6H,7H2,1-3H3,(H2,19,20,21,22,23). The summed E-state index contributed by atoms with van der Waals surface area (Å²) in [5, 5.41) is 8.98. The van der Waals surface area contributed by atoms with Crippen molar-refractivity contribution in [3.63, 3.8) is 0 Å². The van der Waals surface area contributed by atoms with Crippen LogP contribution in [0.2, 0.25) is 0 Å². The molecule has 0 aromatic carbocycles. The highest BCUT2D eigenvalue weighted by Gasteiger charge is 2.32. The van der Waals surface area contributed by atoms with E-state index in [1.54, 1.807) is 0 Å². The van der Waals surface area contributed by atoms with Gasteiger partial charge in [-0.05, 0) is 12.1 Å². The zero-order valence-electron chi connectivity index (χ0n) is 12.8. The van der Waals surface area contributed by atoms with Gasteiger partial charge in [0.1, 0.15) is 11.5 Å². The predicted octanol–water partition coefficient (Wildman–Crippen LogP) is 2.70. The quantitative estimate of drug-likeness (QED) is 0.908. The van der Waals surface area contributed by atoms with Crippen molar-refractivity contribution in [1.82, 2.24) is 20.2 Å². The molecule has 0 atom stereocenters. The van der Waals surface area contributed by atoms with Crippen LogP contribution in [0, 0.1) is 0 Å². The molecule has 0 saturated heterocycles. The second-order valence-electron chi connectivity index (χ2n) is 5.99. The number of hydrogen-bond donors (Lipinski definition) is 2. The molecule has 23 heavy (non-hydrogen) atoms. The van der Waals surface area contributed by atoms with Gasteiger partial charge in [-0.3, -0.25) is 15.2 Å². The number of nitrogens with zero attached hydrogens (tertiary/aromatic N) is 3. The number of hydrogen-bond acceptors (Lipinski definition) is 4. The van der Waals surface area contributed by atoms with Crippen molar-refractivity contribution in [2.75, 3.05) is 5.32 Å². The lowest BCUT2D eigenvalue weighted by atomic mass is 9.96. The lowest BCUT2D eigenvalue weighted by Crippen LogP contribution is -2.18. The third kappa shape index (κ3) is 4.51. The molecule has 0 aliphatic rings. The molecule has 2 N–H and O–H groups in total. The normalized spacial score (nSPS) is 12.3. The maximum atomic E-state index is 12.6. The molecule has 0 unspecified atom stereocenters. The zero-order valence-corrected chi connectivity index (χ0v) is 12.8. The van der Waals surface area contributed by atoms with E-state index in [0.717, 1.165) is 6.07 Å². The Morgan fingerprint density at radius 3 is 2.48 bits per heavy atom. The zero-order chi connectivity index (χ0) is 17.3. The smallest absolute Gasteiger partial charge is 0.293 e. The van der Waals surface area contributed by atoms with E-state index in [4.69, 9.17) is 0 Å². The minimum absolute atomic E-state index is 0.0175. The van der Waals surface area contributed by atoms with Gasteiger partial charge in [0.25, 0.3) is 0 Å². The third-order valence-electron chi connectivity index (χ3n) is 2.89. The molecule has 9 heteroatoms. The number of rotatable bonds is 3. The van der Waals surface area contributed by atoms with Gasteiger partial charge in [-0.2, -0.15) is 18.2 Å². The number of aromatic amines is 1. The number of pyridine rings is 1. The Morgan fingerprint density at radius 2 is 1.91 bits per heavy atom. The SMILES string of the molecule is CC(C)(C)c1nc(NC(=O)Cc2cccc(C(F)(F)F)n2)n[nH]1. The highest BCUT2D eigenvalue weighted by atomic mass is 19.4. The van der Waals surface area contributed by atoms with Crippen LogP contribution >= 0.6 is 0 Å². The van der Waals surface area contributed by atoms with Crippen LogP contribution in [0.5, 0.6) is 0 Å². The van der Waals surface area contributed by atoms with Gasteiger partial charge in [-0.25, -0.2) is 4.98 Å². The lowest BCUT2D eigenvalue weighted by Gasteiger charge is -2.12. The number of H-pyrrole nitrogens is 1. The minimum Gasteiger partial charge on any atom is -0.293 e. The van der Waals surface area contributed by atoms with Gasteiger partial charge in [-0.15, -0.1) is 5.10 Å². The first-order chi connectivity index (χ1) is 10.6. The Kier molecular flexibility index (Phi) is 4.39. The summed E-state index contributed by atoms with van der Waals surface area (Å²) in [4.78, 5) is 19.4. The number of carbonyl (C=O) groups excluding carboxylic acids is 1. The van der Waals surface area contributed by atoms with E-state index in [1.807, 2.05) is 20.8 Å². The van der Waals surface area contributed by atoms with Crippen molar-refractivity contribution in [3.05, 3.63) is 35.4 Å². The summed E-state index contributed by atoms with van der Waals surface area (Å²) in [7, 11) is 0. The number of aromatic nitrogens is 4. The molecule has 0 aliphatic carbocycles. The summed E-state index contributed by atoms with van der Waals surface area (Å²) in [5.41, 5.74) is -1.28. The predicted molar refractivity (Wildman–Crippen MR) is 76.7 cm³/mol. The molecule has 2 aromatic rings. The Bertz CT molecular complexity index is 703. The third-order valence-corrected chi connectivity index (χ3v) is 2.89. The summed E-state index contributed by atoms with van der Waals surface area (Å²) in [6.45, 7) is 5.77. The van der Waals surface area contributed by atoms with Crippen LogP contribution in [-0.2, 0) is 22.8 Å². The number of amides is 1. The molecule has 0 spiro atoms. The van der Waals surface area contributed by atoms with E-state index in [-0.39, 0.29) is 23.5 Å². The highest BCUT2D eigenvalue weighted by molar-refractivity contribution is 5.90. The molecule has 2 heterocycles. The van der Waals surface area contributed by atoms with Crippen LogP contribution in [0.1, 0.15) is 38.0 Å². The first kappa shape index (κ1) is 16.9. The first-order valence-electron chi connectivity index (χ1n) is 6.81. The molecule has 124 valence electrons. The average molecular weight is 327 g/mol. The van der Waals surface area contributed by atoms with Gasteiger partial charge in [0, 0.05) is 5.41 Å². The average Bonchev–Trinajstić information content (AvgIpc) is 2.86. The van der Waals surface area contributed by atoms with Crippen LogP contribution in [-0.4, -0.2) is 26.1 Å². The second kappa shape index (κ2) is 5.98. The summed E-state index contributed by atoms with van der Waals surface area (Å²) < 4.78 is 37.7. The summed E-state index contributed by atoms with van der Waals surface area (Å²) >= 11 is 0. The van der Waals surface area contributed by atoms with Crippen molar-refractivity contribution in [1.29, 1.82) is 0 Å². The van der Waals surface area contributed by atoms with E-state index in [2.05, 4.69) is 25.5 Å². The van der Waals surface area contributed by atoms with E-state index < -0.39 is 17.8 Å². The number of halogens is 3. The van der Waals surface area contributed by atoms with Crippen molar-refractivity contribution in [3.8, 4) is 0 Å². The molecule has 2 rings (SSSR count). The van der Waals surface area contributed by atoms with E-state index in [0.29, 0.717) is 5.82 Å². The molecular formula is C14H16F3N5O. The van der Waals surface area contributed by atoms with Gasteiger partial charge < -0.3 is 0 Å². The molecule has 0 aliphatic heterocycles. The van der Waals surface area contributed by atoms with E-state index in [1.165, 1.54) is 12.1 Å². The summed E-state index contributed by atoms with van der Waals surface area (Å²) in [6.07, 6.45) is -4.85. The lowest BCUT2D eigenvalue weighted by molar-refractivity contribution is -0.141. The largest absolute Gasteiger partial charge is 0.433 e. The number of alkyl halides is 3. The topological polar surface area (TPSA) is 83.6 Å². The van der Waals surface area contributed by atoms with Crippen molar-refractivity contribution in [2.45, 2.75) is 38.8 Å². The molecule has 2 aromatic heterocycles. The maximum Gasteiger partial charge on any atom is 0.433 e. The van der Waals surface area contributed by atoms with Crippen LogP contribution in [0.3, 0.4) is 0 Å². The van der Waals surface area contributed by atoms with Crippen molar-refractivity contribution in [2.24, 2.45) is 0 Å². The van der Waals surface area contributed by atoms with Gasteiger partial charge in [0.2, 0.25) is 11.9 Å². The second-order valence-corrected chi connectivity index (χ2v) is 5.99. The summed E-state index contributed by atoms with van der Waals surface area (Å²) in [5.74, 6) is 0.119. The van der Waals surface area contributed by atoms with Crippen LogP contribution < -0.4 is 5.32 Å². The highest BCUT2D eigenvalue weighted by Crippen LogP contribution is 2.27. The van der Waals surface area contributed by atoms with Crippen molar-refractivity contribution >= 4 is 11.9 Å². The Balaban J connectivity index is 2.04. The molecule has 6 nitrogen and oxygen atoms in total. The van der Waals surface area contributed by atoms with Gasteiger partial charge in [0.05, 0.1) is 12.1 Å². The molecular weight excluding hydrogens is 311 g/mol. The van der Waals surface area contributed by atoms with E-state index in [9.17, 15) is 18.0 Å². The Hall–Kier alpha value is -2.45. The van der Waals surface area contributed by atoms with Gasteiger partial charge >= 0.3 is 6.18 Å². The molecule has 0 radical (unpaired) electrons. The number of anilines is 1. The fourth-order valence-electron chi connectivity index (χ4n) is 1.72. The van der Waals surface area contributed by atoms with Crippen LogP contribution in [0.25, 0.3) is 0 Å². The van der Waals surface area contributed by atoms with Crippen molar-refractivity contribution < 1.29 is 18.0 Å². The minimum atomic E-state index is -4.54. The first-order valence-corrected chi connectivity index (χ1v) is 6.81. The van der Waals surface area contributed by atoms with E-state index >= 15 is 0 Å². The Labute approximate surface area is 130 Å². The number of carbonyl (C=O) groups is 1. The van der Waals surface area contributed by atoms with Gasteiger partial charge in [0.15, 0.2) is 0 Å². The van der Waals surface area contributed by atoms with Crippen LogP contribution in [0.4, 0.5) is 19.1 Å². The fraction of sp³-hybridized carbons (Fsp3) is 0.429. The fourth-order valence-corrected chi connectivity index (χ4v) is 1.72. The number of nitrogens with one attached hydrogen (secondary N) is 2. The maximum absolute atomic E-state index is 12.6. The molecule has 0 bridgehead atoms.